The Hall–Kier alpha value is -2.76. The molecule has 0 aliphatic heterocycles. The number of thiophene rings is 1. The van der Waals surface area contributed by atoms with Crippen molar-refractivity contribution in [1.82, 2.24) is 15.1 Å². The van der Waals surface area contributed by atoms with Crippen molar-refractivity contribution in [2.45, 2.75) is 6.92 Å². The van der Waals surface area contributed by atoms with Crippen molar-refractivity contribution >= 4 is 43.9 Å². The highest BCUT2D eigenvalue weighted by atomic mass is 35.5. The molecule has 0 fully saturated rings. The van der Waals surface area contributed by atoms with Gasteiger partial charge in [0.15, 0.2) is 0 Å². The molecule has 6 heteroatoms. The summed E-state index contributed by atoms with van der Waals surface area (Å²) in [6.45, 7) is 1.96. The van der Waals surface area contributed by atoms with Gasteiger partial charge in [0.1, 0.15) is 4.88 Å². The zero-order valence-corrected chi connectivity index (χ0v) is 15.3. The molecule has 5 aromatic rings. The van der Waals surface area contributed by atoms with Crippen LogP contribution in [0, 0.1) is 6.92 Å². The molecule has 126 valence electrons. The molecule has 0 N–H and O–H groups in total. The Kier molecular flexibility index (Phi) is 3.51. The van der Waals surface area contributed by atoms with Gasteiger partial charge >= 0.3 is 0 Å². The van der Waals surface area contributed by atoms with E-state index < -0.39 is 0 Å². The SMILES string of the molecule is Cc1cc(-c2noc(-c3sc4ccccc4c3Cl)n2)c2ccccc2n1. The summed E-state index contributed by atoms with van der Waals surface area (Å²) in [6.07, 6.45) is 0. The van der Waals surface area contributed by atoms with Gasteiger partial charge in [-0.15, -0.1) is 11.3 Å². The van der Waals surface area contributed by atoms with Gasteiger partial charge in [-0.05, 0) is 25.1 Å². The topological polar surface area (TPSA) is 51.8 Å². The van der Waals surface area contributed by atoms with Gasteiger partial charge in [0.25, 0.3) is 5.89 Å². The molecule has 3 aromatic heterocycles. The molecule has 0 saturated heterocycles. The number of rotatable bonds is 2. The summed E-state index contributed by atoms with van der Waals surface area (Å²) in [5.74, 6) is 0.972. The zero-order valence-electron chi connectivity index (χ0n) is 13.7. The summed E-state index contributed by atoms with van der Waals surface area (Å²) in [6, 6.07) is 17.9. The number of nitrogens with zero attached hydrogens (tertiary/aromatic N) is 3. The van der Waals surface area contributed by atoms with Gasteiger partial charge in [-0.3, -0.25) is 4.98 Å². The molecule has 0 aliphatic carbocycles. The van der Waals surface area contributed by atoms with Gasteiger partial charge < -0.3 is 4.52 Å². The van der Waals surface area contributed by atoms with Crippen LogP contribution in [-0.2, 0) is 0 Å². The fourth-order valence-electron chi connectivity index (χ4n) is 3.07. The van der Waals surface area contributed by atoms with E-state index in [9.17, 15) is 0 Å². The third kappa shape index (κ3) is 2.40. The van der Waals surface area contributed by atoms with E-state index in [0.717, 1.165) is 37.1 Å². The highest BCUT2D eigenvalue weighted by Gasteiger charge is 2.19. The summed E-state index contributed by atoms with van der Waals surface area (Å²) in [7, 11) is 0. The smallest absolute Gasteiger partial charge is 0.269 e. The number of para-hydroxylation sites is 1. The van der Waals surface area contributed by atoms with Crippen LogP contribution in [0.2, 0.25) is 5.02 Å². The Morgan fingerprint density at radius 1 is 0.962 bits per heavy atom. The molecule has 0 spiro atoms. The molecule has 2 aromatic carbocycles. The monoisotopic (exact) mass is 377 g/mol. The first-order valence-electron chi connectivity index (χ1n) is 8.08. The van der Waals surface area contributed by atoms with E-state index in [1.165, 1.54) is 0 Å². The molecule has 0 bridgehead atoms. The minimum Gasteiger partial charge on any atom is -0.333 e. The molecule has 5 rings (SSSR count). The average molecular weight is 378 g/mol. The number of pyridine rings is 1. The van der Waals surface area contributed by atoms with E-state index in [0.29, 0.717) is 16.7 Å². The van der Waals surface area contributed by atoms with E-state index in [4.69, 9.17) is 16.1 Å². The van der Waals surface area contributed by atoms with Gasteiger partial charge in [0, 0.05) is 26.7 Å². The predicted molar refractivity (Wildman–Crippen MR) is 106 cm³/mol. The number of benzene rings is 2. The second-order valence-corrected chi connectivity index (χ2v) is 7.42. The molecule has 26 heavy (non-hydrogen) atoms. The van der Waals surface area contributed by atoms with Crippen LogP contribution in [0.3, 0.4) is 0 Å². The summed E-state index contributed by atoms with van der Waals surface area (Å²) in [5, 5.41) is 6.84. The highest BCUT2D eigenvalue weighted by Crippen LogP contribution is 2.41. The number of fused-ring (bicyclic) bond motifs is 2. The summed E-state index contributed by atoms with van der Waals surface area (Å²) in [4.78, 5) is 9.98. The first-order chi connectivity index (χ1) is 12.7. The Morgan fingerprint density at radius 3 is 2.58 bits per heavy atom. The van der Waals surface area contributed by atoms with Gasteiger partial charge in [0.05, 0.1) is 10.5 Å². The quantitative estimate of drug-likeness (QED) is 0.371. The van der Waals surface area contributed by atoms with Crippen molar-refractivity contribution in [2.24, 2.45) is 0 Å². The van der Waals surface area contributed by atoms with Crippen molar-refractivity contribution in [3.8, 4) is 22.2 Å². The molecule has 0 atom stereocenters. The molecule has 0 amide bonds. The largest absolute Gasteiger partial charge is 0.333 e. The standard InChI is InChI=1S/C20H12ClN3OS/c1-11-10-14(12-6-2-4-8-15(12)22-11)19-23-20(25-24-19)18-17(21)13-7-3-5-9-16(13)26-18/h2-10H,1H3. The maximum Gasteiger partial charge on any atom is 0.269 e. The lowest BCUT2D eigenvalue weighted by Gasteiger charge is -2.03. The van der Waals surface area contributed by atoms with E-state index in [1.54, 1.807) is 11.3 Å². The van der Waals surface area contributed by atoms with Crippen LogP contribution in [0.1, 0.15) is 5.69 Å². The van der Waals surface area contributed by atoms with Crippen molar-refractivity contribution in [3.05, 3.63) is 65.3 Å². The number of aromatic nitrogens is 3. The van der Waals surface area contributed by atoms with Gasteiger partial charge in [-0.1, -0.05) is 53.2 Å². The molecule has 0 unspecified atom stereocenters. The first-order valence-corrected chi connectivity index (χ1v) is 9.28. The molecule has 3 heterocycles. The zero-order chi connectivity index (χ0) is 17.7. The molecular formula is C20H12ClN3OS. The molecule has 4 nitrogen and oxygen atoms in total. The highest BCUT2D eigenvalue weighted by molar-refractivity contribution is 7.23. The summed E-state index contributed by atoms with van der Waals surface area (Å²) >= 11 is 8.09. The van der Waals surface area contributed by atoms with Crippen LogP contribution in [0.15, 0.2) is 59.1 Å². The average Bonchev–Trinajstić information content (AvgIpc) is 3.26. The Balaban J connectivity index is 1.68. The van der Waals surface area contributed by atoms with Crippen LogP contribution >= 0.6 is 22.9 Å². The van der Waals surface area contributed by atoms with Crippen LogP contribution in [0.25, 0.3) is 43.1 Å². The van der Waals surface area contributed by atoms with E-state index in [2.05, 4.69) is 15.1 Å². The van der Waals surface area contributed by atoms with E-state index >= 15 is 0 Å². The van der Waals surface area contributed by atoms with Crippen molar-refractivity contribution in [3.63, 3.8) is 0 Å². The third-order valence-corrected chi connectivity index (χ3v) is 5.90. The maximum absolute atomic E-state index is 6.54. The maximum atomic E-state index is 6.54. The van der Waals surface area contributed by atoms with E-state index in [-0.39, 0.29) is 0 Å². The Morgan fingerprint density at radius 2 is 1.73 bits per heavy atom. The summed E-state index contributed by atoms with van der Waals surface area (Å²) < 4.78 is 6.64. The van der Waals surface area contributed by atoms with Crippen LogP contribution in [0.5, 0.6) is 0 Å². The fraction of sp³-hybridized carbons (Fsp3) is 0.0500. The number of aryl methyl sites for hydroxylation is 1. The second-order valence-electron chi connectivity index (χ2n) is 5.99. The Labute approximate surface area is 158 Å². The molecule has 0 aliphatic rings. The fourth-order valence-corrected chi connectivity index (χ4v) is 4.50. The number of halogens is 1. The minimum atomic E-state index is 0.435. The lowest BCUT2D eigenvalue weighted by atomic mass is 10.1. The van der Waals surface area contributed by atoms with Crippen LogP contribution < -0.4 is 0 Å². The molecular weight excluding hydrogens is 366 g/mol. The lowest BCUT2D eigenvalue weighted by molar-refractivity contribution is 0.433. The molecule has 0 saturated carbocycles. The lowest BCUT2D eigenvalue weighted by Crippen LogP contribution is -1.89. The van der Waals surface area contributed by atoms with Gasteiger partial charge in [-0.25, -0.2) is 0 Å². The first kappa shape index (κ1) is 15.5. The van der Waals surface area contributed by atoms with Crippen molar-refractivity contribution in [2.75, 3.05) is 0 Å². The number of hydrogen-bond acceptors (Lipinski definition) is 5. The Bertz CT molecular complexity index is 1270. The van der Waals surface area contributed by atoms with Crippen molar-refractivity contribution < 1.29 is 4.52 Å². The normalized spacial score (nSPS) is 11.5. The van der Waals surface area contributed by atoms with Gasteiger partial charge in [0.2, 0.25) is 5.82 Å². The molecule has 0 radical (unpaired) electrons. The van der Waals surface area contributed by atoms with Gasteiger partial charge in [-0.2, -0.15) is 4.98 Å². The minimum absolute atomic E-state index is 0.435. The number of hydrogen-bond donors (Lipinski definition) is 0. The summed E-state index contributed by atoms with van der Waals surface area (Å²) in [5.41, 5.74) is 2.72. The van der Waals surface area contributed by atoms with Crippen LogP contribution in [-0.4, -0.2) is 15.1 Å². The third-order valence-electron chi connectivity index (χ3n) is 4.24. The predicted octanol–water partition coefficient (Wildman–Crippen LogP) is 6.13. The van der Waals surface area contributed by atoms with Crippen molar-refractivity contribution in [1.29, 1.82) is 0 Å². The van der Waals surface area contributed by atoms with Crippen LogP contribution in [0.4, 0.5) is 0 Å². The second kappa shape index (κ2) is 5.90. The van der Waals surface area contributed by atoms with E-state index in [1.807, 2.05) is 61.5 Å².